The molecule has 0 fully saturated rings. The van der Waals surface area contributed by atoms with Gasteiger partial charge in [-0.3, -0.25) is 0 Å². The number of hydrogen-bond acceptors (Lipinski definition) is 2. The lowest BCUT2D eigenvalue weighted by Crippen LogP contribution is -2.15. The minimum absolute atomic E-state index is 0.294. The second kappa shape index (κ2) is 5.82. The molecular formula is C24H24O2P2. The Morgan fingerprint density at radius 3 is 1.43 bits per heavy atom. The molecule has 3 aliphatic heterocycles. The molecule has 142 valence electrons. The fourth-order valence-corrected chi connectivity index (χ4v) is 13.0. The highest BCUT2D eigenvalue weighted by Gasteiger charge is 2.67. The fraction of sp³-hybridized carbons (Fsp3) is 0.250. The lowest BCUT2D eigenvalue weighted by atomic mass is 10.0. The standard InChI is InChI=1S/C24H24O2P2/c1-15(2)17-9-5-7-11-19(17)27(25)21-13-14-22(27)24-23(21)28(24,26)20-12-8-6-10-18(20)16(3)4/h5-16H,1-4H3. The molecule has 2 bridgehead atoms. The van der Waals surface area contributed by atoms with Gasteiger partial charge in [-0.25, -0.2) is 0 Å². The summed E-state index contributed by atoms with van der Waals surface area (Å²) in [5.74, 6) is 0.599. The van der Waals surface area contributed by atoms with Crippen LogP contribution in [0.3, 0.4) is 0 Å². The van der Waals surface area contributed by atoms with Crippen molar-refractivity contribution in [3.63, 3.8) is 0 Å². The molecule has 0 N–H and O–H groups in total. The van der Waals surface area contributed by atoms with Crippen molar-refractivity contribution in [2.75, 3.05) is 0 Å². The highest BCUT2D eigenvalue weighted by atomic mass is 31.2. The van der Waals surface area contributed by atoms with E-state index in [4.69, 9.17) is 0 Å². The molecule has 0 spiro atoms. The van der Waals surface area contributed by atoms with Gasteiger partial charge in [0.2, 0.25) is 0 Å². The minimum atomic E-state index is -2.85. The Balaban J connectivity index is 1.63. The summed E-state index contributed by atoms with van der Waals surface area (Å²) >= 11 is 0. The van der Waals surface area contributed by atoms with Crippen molar-refractivity contribution in [2.45, 2.75) is 39.5 Å². The van der Waals surface area contributed by atoms with Gasteiger partial charge in [0.1, 0.15) is 0 Å². The van der Waals surface area contributed by atoms with Crippen molar-refractivity contribution >= 4 is 24.9 Å². The van der Waals surface area contributed by atoms with Crippen LogP contribution in [0.25, 0.3) is 0 Å². The molecule has 0 radical (unpaired) electrons. The molecule has 3 heterocycles. The molecule has 0 amide bonds. The van der Waals surface area contributed by atoms with Crippen LogP contribution in [0.1, 0.15) is 50.7 Å². The average Bonchev–Trinajstić information content (AvgIpc) is 3.08. The average molecular weight is 406 g/mol. The first kappa shape index (κ1) is 18.2. The Bertz CT molecular complexity index is 1180. The van der Waals surface area contributed by atoms with Crippen LogP contribution in [-0.4, -0.2) is 0 Å². The fourth-order valence-electron chi connectivity index (χ4n) is 4.78. The molecule has 4 heteroatoms. The third-order valence-corrected chi connectivity index (χ3v) is 12.8. The van der Waals surface area contributed by atoms with Crippen LogP contribution in [0.15, 0.2) is 81.9 Å². The summed E-state index contributed by atoms with van der Waals surface area (Å²) in [5, 5.41) is 5.30. The predicted molar refractivity (Wildman–Crippen MR) is 119 cm³/mol. The van der Waals surface area contributed by atoms with Gasteiger partial charge < -0.3 is 9.13 Å². The van der Waals surface area contributed by atoms with Crippen molar-refractivity contribution in [1.29, 1.82) is 0 Å². The predicted octanol–water partition coefficient (Wildman–Crippen LogP) is 6.63. The topological polar surface area (TPSA) is 34.1 Å². The van der Waals surface area contributed by atoms with Crippen LogP contribution in [0.5, 0.6) is 0 Å². The molecule has 0 saturated heterocycles. The zero-order valence-electron chi connectivity index (χ0n) is 16.6. The smallest absolute Gasteiger partial charge is 0.174 e. The summed E-state index contributed by atoms with van der Waals surface area (Å²) in [5.41, 5.74) is 2.27. The normalized spacial score (nSPS) is 20.5. The second-order valence-electron chi connectivity index (χ2n) is 8.45. The van der Waals surface area contributed by atoms with Gasteiger partial charge in [-0.1, -0.05) is 76.2 Å². The number of hydrogen-bond donors (Lipinski definition) is 0. The van der Waals surface area contributed by atoms with Gasteiger partial charge in [0.15, 0.2) is 14.3 Å². The van der Waals surface area contributed by atoms with Crippen LogP contribution in [0.4, 0.5) is 0 Å². The highest BCUT2D eigenvalue weighted by molar-refractivity contribution is 7.95. The van der Waals surface area contributed by atoms with E-state index in [2.05, 4.69) is 39.8 Å². The third-order valence-electron chi connectivity index (χ3n) is 6.16. The van der Waals surface area contributed by atoms with Gasteiger partial charge in [0, 0.05) is 31.9 Å². The number of benzene rings is 2. The quantitative estimate of drug-likeness (QED) is 0.534. The van der Waals surface area contributed by atoms with E-state index in [0.29, 0.717) is 11.8 Å². The molecule has 0 aliphatic carbocycles. The monoisotopic (exact) mass is 406 g/mol. The molecule has 2 aromatic rings. The molecule has 3 aliphatic rings. The molecule has 0 aromatic heterocycles. The highest BCUT2D eigenvalue weighted by Crippen LogP contribution is 2.95. The van der Waals surface area contributed by atoms with Crippen molar-refractivity contribution in [2.24, 2.45) is 0 Å². The van der Waals surface area contributed by atoms with E-state index < -0.39 is 14.3 Å². The summed E-state index contributed by atoms with van der Waals surface area (Å²) in [7, 11) is -5.59. The Morgan fingerprint density at radius 2 is 1.00 bits per heavy atom. The molecule has 2 aromatic carbocycles. The molecule has 5 rings (SSSR count). The van der Waals surface area contributed by atoms with Crippen molar-refractivity contribution in [3.8, 4) is 0 Å². The van der Waals surface area contributed by atoms with E-state index >= 15 is 0 Å². The molecule has 28 heavy (non-hydrogen) atoms. The maximum absolute atomic E-state index is 14.3. The Kier molecular flexibility index (Phi) is 3.77. The molecular weight excluding hydrogens is 382 g/mol. The van der Waals surface area contributed by atoms with Crippen LogP contribution < -0.4 is 10.6 Å². The molecule has 0 saturated carbocycles. The minimum Gasteiger partial charge on any atom is -0.309 e. The number of rotatable bonds is 4. The lowest BCUT2D eigenvalue weighted by molar-refractivity contribution is 0.587. The molecule has 0 unspecified atom stereocenters. The third kappa shape index (κ3) is 2.06. The van der Waals surface area contributed by atoms with E-state index in [0.717, 1.165) is 43.0 Å². The van der Waals surface area contributed by atoms with Gasteiger partial charge in [-0.15, -0.1) is 0 Å². The van der Waals surface area contributed by atoms with Crippen LogP contribution in [0, 0.1) is 0 Å². The van der Waals surface area contributed by atoms with Crippen LogP contribution >= 0.6 is 14.3 Å². The van der Waals surface area contributed by atoms with Gasteiger partial charge in [0.05, 0.1) is 0 Å². The first-order valence-corrected chi connectivity index (χ1v) is 13.3. The largest absolute Gasteiger partial charge is 0.309 e. The maximum Gasteiger partial charge on any atom is 0.174 e. The summed E-state index contributed by atoms with van der Waals surface area (Å²) in [6.45, 7) is 8.54. The van der Waals surface area contributed by atoms with Gasteiger partial charge in [0.25, 0.3) is 0 Å². The number of allylic oxidation sites excluding steroid dienone is 6. The summed E-state index contributed by atoms with van der Waals surface area (Å²) in [4.78, 5) is 0. The van der Waals surface area contributed by atoms with Gasteiger partial charge in [-0.05, 0) is 35.1 Å². The van der Waals surface area contributed by atoms with E-state index in [9.17, 15) is 9.13 Å². The van der Waals surface area contributed by atoms with Crippen LogP contribution in [0.2, 0.25) is 0 Å². The van der Waals surface area contributed by atoms with Crippen molar-refractivity contribution in [1.82, 2.24) is 0 Å². The zero-order valence-corrected chi connectivity index (χ0v) is 18.4. The van der Waals surface area contributed by atoms with E-state index in [1.165, 1.54) is 0 Å². The van der Waals surface area contributed by atoms with E-state index in [1.54, 1.807) is 0 Å². The lowest BCUT2D eigenvalue weighted by Gasteiger charge is -2.25. The SMILES string of the molecule is CC(C)c1ccccc1P1(=O)C2=CC=C1C1=C2P1(=O)c1ccccc1C(C)C. The molecule has 2 nitrogen and oxygen atoms in total. The van der Waals surface area contributed by atoms with Crippen molar-refractivity contribution in [3.05, 3.63) is 93.1 Å². The van der Waals surface area contributed by atoms with Crippen LogP contribution in [-0.2, 0) is 9.13 Å². The van der Waals surface area contributed by atoms with Gasteiger partial charge >= 0.3 is 0 Å². The molecule has 0 atom stereocenters. The first-order valence-electron chi connectivity index (χ1n) is 9.91. The second-order valence-corrected chi connectivity index (χ2v) is 13.7. The van der Waals surface area contributed by atoms with Gasteiger partial charge in [-0.2, -0.15) is 0 Å². The first-order chi connectivity index (χ1) is 13.3. The zero-order chi connectivity index (χ0) is 19.8. The summed E-state index contributed by atoms with van der Waals surface area (Å²) in [6.07, 6.45) is 3.92. The van der Waals surface area contributed by atoms with Crippen molar-refractivity contribution < 1.29 is 9.13 Å². The number of fused-ring (bicyclic) bond motifs is 4. The Morgan fingerprint density at radius 1 is 0.607 bits per heavy atom. The van der Waals surface area contributed by atoms with E-state index in [1.807, 2.05) is 48.6 Å². The Labute approximate surface area is 166 Å². The summed E-state index contributed by atoms with van der Waals surface area (Å²) < 4.78 is 28.5. The summed E-state index contributed by atoms with van der Waals surface area (Å²) in [6, 6.07) is 16.1. The van der Waals surface area contributed by atoms with E-state index in [-0.39, 0.29) is 0 Å². The maximum atomic E-state index is 14.3. The Hall–Kier alpha value is -1.88.